The minimum atomic E-state index is -0.287. The van der Waals surface area contributed by atoms with Crippen LogP contribution in [0.1, 0.15) is 22.0 Å². The van der Waals surface area contributed by atoms with E-state index in [1.807, 2.05) is 19.2 Å². The highest BCUT2D eigenvalue weighted by molar-refractivity contribution is 7.09. The van der Waals surface area contributed by atoms with Gasteiger partial charge >= 0.3 is 0 Å². The number of hydrogen-bond donors (Lipinski definition) is 1. The lowest BCUT2D eigenvalue weighted by Gasteiger charge is -2.04. The molecule has 3 rings (SSSR count). The van der Waals surface area contributed by atoms with Gasteiger partial charge in [-0.2, -0.15) is 5.10 Å². The van der Waals surface area contributed by atoms with Crippen molar-refractivity contribution in [1.29, 1.82) is 0 Å². The first kappa shape index (κ1) is 18.0. The number of rotatable bonds is 6. The molecule has 0 saturated carbocycles. The Labute approximate surface area is 155 Å². The first-order chi connectivity index (χ1) is 12.5. The molecule has 0 aliphatic rings. The highest BCUT2D eigenvalue weighted by Crippen LogP contribution is 2.19. The van der Waals surface area contributed by atoms with Gasteiger partial charge in [-0.25, -0.2) is 14.1 Å². The fourth-order valence-corrected chi connectivity index (χ4v) is 3.24. The van der Waals surface area contributed by atoms with E-state index in [2.05, 4.69) is 15.4 Å². The molecule has 134 valence electrons. The van der Waals surface area contributed by atoms with Crippen molar-refractivity contribution < 1.29 is 9.18 Å². The van der Waals surface area contributed by atoms with E-state index < -0.39 is 0 Å². The molecule has 0 bridgehead atoms. The molecule has 1 N–H and O–H groups in total. The van der Waals surface area contributed by atoms with Gasteiger partial charge in [0, 0.05) is 41.9 Å². The minimum Gasteiger partial charge on any atom is -0.352 e. The number of nitrogens with zero attached hydrogens (tertiary/aromatic N) is 3. The molecule has 0 radical (unpaired) electrons. The highest BCUT2D eigenvalue weighted by Gasteiger charge is 2.11. The Bertz CT molecular complexity index is 914. The van der Waals surface area contributed by atoms with Gasteiger partial charge in [-0.05, 0) is 44.2 Å². The second kappa shape index (κ2) is 8.05. The number of aromatic nitrogens is 3. The fraction of sp³-hybridized carbons (Fsp3) is 0.211. The molecule has 1 aromatic carbocycles. The summed E-state index contributed by atoms with van der Waals surface area (Å²) in [6, 6.07) is 6.15. The molecule has 7 heteroatoms. The molecule has 3 aromatic rings. The Balaban J connectivity index is 1.66. The van der Waals surface area contributed by atoms with Gasteiger partial charge in [-0.3, -0.25) is 4.79 Å². The standard InChI is InChI=1S/C19H19FN4OS/c1-13-17(7-8-18(25)21-10-9-19-22-11-12-26-19)14(2)24(23-13)16-5-3-15(20)4-6-16/h3-8,11-12H,9-10H2,1-2H3,(H,21,25)/b8-7+. The Morgan fingerprint density at radius 1 is 1.31 bits per heavy atom. The molecule has 0 saturated heterocycles. The van der Waals surface area contributed by atoms with Gasteiger partial charge in [0.2, 0.25) is 5.91 Å². The maximum Gasteiger partial charge on any atom is 0.244 e. The lowest BCUT2D eigenvalue weighted by Crippen LogP contribution is -2.23. The monoisotopic (exact) mass is 370 g/mol. The molecule has 2 aromatic heterocycles. The van der Waals surface area contributed by atoms with Gasteiger partial charge in [0.25, 0.3) is 0 Å². The van der Waals surface area contributed by atoms with Crippen LogP contribution >= 0.6 is 11.3 Å². The Morgan fingerprint density at radius 3 is 2.77 bits per heavy atom. The van der Waals surface area contributed by atoms with E-state index >= 15 is 0 Å². The first-order valence-electron chi connectivity index (χ1n) is 8.21. The van der Waals surface area contributed by atoms with E-state index in [1.54, 1.807) is 40.4 Å². The molecule has 5 nitrogen and oxygen atoms in total. The largest absolute Gasteiger partial charge is 0.352 e. The van der Waals surface area contributed by atoms with Gasteiger partial charge in [-0.15, -0.1) is 11.3 Å². The van der Waals surface area contributed by atoms with E-state index in [9.17, 15) is 9.18 Å². The smallest absolute Gasteiger partial charge is 0.244 e. The third-order valence-electron chi connectivity index (χ3n) is 3.94. The number of benzene rings is 1. The van der Waals surface area contributed by atoms with E-state index in [4.69, 9.17) is 0 Å². The average molecular weight is 370 g/mol. The first-order valence-corrected chi connectivity index (χ1v) is 9.09. The average Bonchev–Trinajstić information content (AvgIpc) is 3.23. The minimum absolute atomic E-state index is 0.158. The zero-order valence-corrected chi connectivity index (χ0v) is 15.4. The molecule has 0 fully saturated rings. The van der Waals surface area contributed by atoms with E-state index in [0.717, 1.165) is 34.1 Å². The van der Waals surface area contributed by atoms with Crippen LogP contribution in [0.2, 0.25) is 0 Å². The van der Waals surface area contributed by atoms with Gasteiger partial charge in [0.05, 0.1) is 16.4 Å². The lowest BCUT2D eigenvalue weighted by molar-refractivity contribution is -0.116. The lowest BCUT2D eigenvalue weighted by atomic mass is 10.2. The van der Waals surface area contributed by atoms with E-state index in [1.165, 1.54) is 18.2 Å². The summed E-state index contributed by atoms with van der Waals surface area (Å²) in [5.74, 6) is -0.445. The van der Waals surface area contributed by atoms with Crippen LogP contribution in [0.5, 0.6) is 0 Å². The highest BCUT2D eigenvalue weighted by atomic mass is 32.1. The summed E-state index contributed by atoms with van der Waals surface area (Å²) >= 11 is 1.58. The van der Waals surface area contributed by atoms with Crippen LogP contribution in [-0.2, 0) is 11.2 Å². The number of aryl methyl sites for hydroxylation is 1. The van der Waals surface area contributed by atoms with Crippen molar-refractivity contribution in [2.45, 2.75) is 20.3 Å². The number of carbonyl (C=O) groups is 1. The van der Waals surface area contributed by atoms with Crippen molar-refractivity contribution in [3.63, 3.8) is 0 Å². The maximum atomic E-state index is 13.1. The van der Waals surface area contributed by atoms with Crippen LogP contribution in [0.15, 0.2) is 41.9 Å². The zero-order valence-electron chi connectivity index (χ0n) is 14.6. The van der Waals surface area contributed by atoms with Crippen LogP contribution in [-0.4, -0.2) is 27.2 Å². The van der Waals surface area contributed by atoms with Gasteiger partial charge < -0.3 is 5.32 Å². The van der Waals surface area contributed by atoms with Crippen LogP contribution in [0.3, 0.4) is 0 Å². The van der Waals surface area contributed by atoms with Gasteiger partial charge in [0.15, 0.2) is 0 Å². The summed E-state index contributed by atoms with van der Waals surface area (Å²) in [6.45, 7) is 4.35. The van der Waals surface area contributed by atoms with Crippen LogP contribution in [0.4, 0.5) is 4.39 Å². The van der Waals surface area contributed by atoms with Gasteiger partial charge in [-0.1, -0.05) is 0 Å². The van der Waals surface area contributed by atoms with Crippen LogP contribution in [0.25, 0.3) is 11.8 Å². The maximum absolute atomic E-state index is 13.1. The fourth-order valence-electron chi connectivity index (χ4n) is 2.62. The predicted octanol–water partition coefficient (Wildman–Crippen LogP) is 3.46. The van der Waals surface area contributed by atoms with Crippen LogP contribution in [0, 0.1) is 19.7 Å². The Hall–Kier alpha value is -2.80. The van der Waals surface area contributed by atoms with Crippen molar-refractivity contribution in [3.8, 4) is 5.69 Å². The number of amides is 1. The summed E-state index contributed by atoms with van der Waals surface area (Å²) in [4.78, 5) is 16.2. The predicted molar refractivity (Wildman–Crippen MR) is 101 cm³/mol. The van der Waals surface area contributed by atoms with Crippen molar-refractivity contribution >= 4 is 23.3 Å². The van der Waals surface area contributed by atoms with Gasteiger partial charge in [0.1, 0.15) is 5.82 Å². The molecule has 2 heterocycles. The number of thiazole rings is 1. The van der Waals surface area contributed by atoms with Crippen molar-refractivity contribution in [2.75, 3.05) is 6.54 Å². The SMILES string of the molecule is Cc1nn(-c2ccc(F)cc2)c(C)c1/C=C/C(=O)NCCc1nccs1. The van der Waals surface area contributed by atoms with Crippen molar-refractivity contribution in [2.24, 2.45) is 0 Å². The Morgan fingerprint density at radius 2 is 2.08 bits per heavy atom. The normalized spacial score (nSPS) is 11.2. The molecule has 26 heavy (non-hydrogen) atoms. The summed E-state index contributed by atoms with van der Waals surface area (Å²) < 4.78 is 14.8. The molecule has 0 unspecified atom stereocenters. The topological polar surface area (TPSA) is 59.8 Å². The van der Waals surface area contributed by atoms with Crippen LogP contribution < -0.4 is 5.32 Å². The van der Waals surface area contributed by atoms with Crippen molar-refractivity contribution in [3.05, 3.63) is 69.7 Å². The third kappa shape index (κ3) is 4.23. The van der Waals surface area contributed by atoms with Crippen molar-refractivity contribution in [1.82, 2.24) is 20.1 Å². The van der Waals surface area contributed by atoms with E-state index in [0.29, 0.717) is 6.54 Å². The molecular formula is C19H19FN4OS. The second-order valence-electron chi connectivity index (χ2n) is 5.77. The summed E-state index contributed by atoms with van der Waals surface area (Å²) in [5.41, 5.74) is 3.35. The summed E-state index contributed by atoms with van der Waals surface area (Å²) in [7, 11) is 0. The molecule has 0 aliphatic carbocycles. The molecular weight excluding hydrogens is 351 g/mol. The molecule has 0 aliphatic heterocycles. The van der Waals surface area contributed by atoms with E-state index in [-0.39, 0.29) is 11.7 Å². The number of carbonyl (C=O) groups excluding carboxylic acids is 1. The summed E-state index contributed by atoms with van der Waals surface area (Å²) in [6.07, 6.45) is 5.74. The second-order valence-corrected chi connectivity index (χ2v) is 6.75. The zero-order chi connectivity index (χ0) is 18.5. The Kier molecular flexibility index (Phi) is 5.58. The number of nitrogens with one attached hydrogen (secondary N) is 1. The summed E-state index contributed by atoms with van der Waals surface area (Å²) in [5, 5.41) is 10.3. The molecule has 1 amide bonds. The number of halogens is 1. The quantitative estimate of drug-likeness (QED) is 0.676. The number of hydrogen-bond acceptors (Lipinski definition) is 4. The molecule has 0 spiro atoms. The molecule has 0 atom stereocenters. The third-order valence-corrected chi connectivity index (χ3v) is 4.78.